The Labute approximate surface area is 138 Å². The third-order valence-corrected chi connectivity index (χ3v) is 4.20. The molecule has 2 aromatic carbocycles. The quantitative estimate of drug-likeness (QED) is 0.809. The van der Waals surface area contributed by atoms with Crippen molar-refractivity contribution in [2.24, 2.45) is 0 Å². The van der Waals surface area contributed by atoms with Crippen LogP contribution in [0.5, 0.6) is 0 Å². The van der Waals surface area contributed by atoms with E-state index >= 15 is 0 Å². The van der Waals surface area contributed by atoms with Crippen molar-refractivity contribution in [3.8, 4) is 0 Å². The first kappa shape index (κ1) is 16.2. The molecule has 2 atom stereocenters. The Morgan fingerprint density at radius 2 is 1.13 bits per heavy atom. The van der Waals surface area contributed by atoms with Crippen LogP contribution in [0, 0.1) is 0 Å². The second kappa shape index (κ2) is 8.82. The lowest BCUT2D eigenvalue weighted by Crippen LogP contribution is -2.35. The van der Waals surface area contributed by atoms with Crippen LogP contribution in [-0.2, 0) is 22.7 Å². The molecule has 0 radical (unpaired) electrons. The second-order valence-electron chi connectivity index (χ2n) is 6.14. The van der Waals surface area contributed by atoms with Gasteiger partial charge >= 0.3 is 0 Å². The van der Waals surface area contributed by atoms with Crippen molar-refractivity contribution in [3.05, 3.63) is 71.8 Å². The van der Waals surface area contributed by atoms with Gasteiger partial charge in [-0.3, -0.25) is 0 Å². The van der Waals surface area contributed by atoms with E-state index in [0.29, 0.717) is 25.3 Å². The van der Waals surface area contributed by atoms with Gasteiger partial charge in [0.2, 0.25) is 0 Å². The zero-order valence-electron chi connectivity index (χ0n) is 13.5. The Morgan fingerprint density at radius 3 is 1.57 bits per heavy atom. The largest absolute Gasteiger partial charge is 0.375 e. The van der Waals surface area contributed by atoms with E-state index in [2.05, 4.69) is 29.6 Å². The predicted molar refractivity (Wildman–Crippen MR) is 92.1 cm³/mol. The fraction of sp³-hybridized carbons (Fsp3) is 0.400. The van der Waals surface area contributed by atoms with E-state index < -0.39 is 0 Å². The SMILES string of the molecule is c1ccc(COC[C@@H]2CC[C@@H](COCc3ccccc3)N2)cc1. The molecular weight excluding hydrogens is 286 g/mol. The van der Waals surface area contributed by atoms with Crippen LogP contribution in [0.1, 0.15) is 24.0 Å². The standard InChI is InChI=1S/C20H25NO2/c1-3-7-17(8-4-1)13-22-15-19-11-12-20(21-19)16-23-14-18-9-5-2-6-10-18/h1-10,19-21H,11-16H2/t19-,20-/m0/s1. The molecule has 1 aliphatic heterocycles. The molecule has 0 aromatic heterocycles. The Kier molecular flexibility index (Phi) is 6.21. The Hall–Kier alpha value is -1.68. The monoisotopic (exact) mass is 311 g/mol. The molecule has 3 nitrogen and oxygen atoms in total. The van der Waals surface area contributed by atoms with Gasteiger partial charge in [0.1, 0.15) is 0 Å². The molecule has 3 heteroatoms. The van der Waals surface area contributed by atoms with Crippen LogP contribution in [0.25, 0.3) is 0 Å². The van der Waals surface area contributed by atoms with E-state index in [1.807, 2.05) is 36.4 Å². The van der Waals surface area contributed by atoms with Crippen LogP contribution < -0.4 is 5.32 Å². The summed E-state index contributed by atoms with van der Waals surface area (Å²) >= 11 is 0. The minimum absolute atomic E-state index is 0.448. The van der Waals surface area contributed by atoms with E-state index in [1.165, 1.54) is 11.1 Å². The molecule has 1 N–H and O–H groups in total. The van der Waals surface area contributed by atoms with Crippen molar-refractivity contribution in [2.45, 2.75) is 38.1 Å². The van der Waals surface area contributed by atoms with Gasteiger partial charge in [0, 0.05) is 12.1 Å². The van der Waals surface area contributed by atoms with E-state index in [9.17, 15) is 0 Å². The average Bonchev–Trinajstić information content (AvgIpc) is 3.05. The minimum atomic E-state index is 0.448. The highest BCUT2D eigenvalue weighted by Crippen LogP contribution is 2.14. The smallest absolute Gasteiger partial charge is 0.0717 e. The zero-order chi connectivity index (χ0) is 15.7. The lowest BCUT2D eigenvalue weighted by Gasteiger charge is -2.15. The summed E-state index contributed by atoms with van der Waals surface area (Å²) in [6.45, 7) is 2.91. The Morgan fingerprint density at radius 1 is 0.696 bits per heavy atom. The molecule has 0 bridgehead atoms. The van der Waals surface area contributed by atoms with Crippen molar-refractivity contribution in [1.29, 1.82) is 0 Å². The van der Waals surface area contributed by atoms with E-state index in [1.54, 1.807) is 0 Å². The first-order valence-corrected chi connectivity index (χ1v) is 8.39. The van der Waals surface area contributed by atoms with Crippen molar-refractivity contribution in [2.75, 3.05) is 13.2 Å². The third kappa shape index (κ3) is 5.47. The highest BCUT2D eigenvalue weighted by Gasteiger charge is 2.23. The van der Waals surface area contributed by atoms with Crippen LogP contribution in [-0.4, -0.2) is 25.3 Å². The first-order chi connectivity index (χ1) is 11.4. The summed E-state index contributed by atoms with van der Waals surface area (Å²) in [6, 6.07) is 21.5. The summed E-state index contributed by atoms with van der Waals surface area (Å²) in [5.74, 6) is 0. The van der Waals surface area contributed by atoms with Crippen molar-refractivity contribution in [3.63, 3.8) is 0 Å². The molecule has 2 aromatic rings. The molecule has 3 rings (SSSR count). The maximum absolute atomic E-state index is 5.82. The van der Waals surface area contributed by atoms with Gasteiger partial charge in [0.25, 0.3) is 0 Å². The fourth-order valence-electron chi connectivity index (χ4n) is 2.95. The van der Waals surface area contributed by atoms with Crippen LogP contribution in [0.2, 0.25) is 0 Å². The lowest BCUT2D eigenvalue weighted by atomic mass is 10.2. The van der Waals surface area contributed by atoms with E-state index in [0.717, 1.165) is 26.1 Å². The highest BCUT2D eigenvalue weighted by atomic mass is 16.5. The Bertz CT molecular complexity index is 507. The summed E-state index contributed by atoms with van der Waals surface area (Å²) in [4.78, 5) is 0. The summed E-state index contributed by atoms with van der Waals surface area (Å²) in [7, 11) is 0. The summed E-state index contributed by atoms with van der Waals surface area (Å²) in [5.41, 5.74) is 2.46. The zero-order valence-corrected chi connectivity index (χ0v) is 13.5. The average molecular weight is 311 g/mol. The molecule has 1 fully saturated rings. The molecule has 0 spiro atoms. The fourth-order valence-corrected chi connectivity index (χ4v) is 2.95. The third-order valence-electron chi connectivity index (χ3n) is 4.20. The van der Waals surface area contributed by atoms with Gasteiger partial charge in [-0.2, -0.15) is 0 Å². The number of nitrogens with one attached hydrogen (secondary N) is 1. The Balaban J connectivity index is 1.29. The maximum atomic E-state index is 5.82. The van der Waals surface area contributed by atoms with Gasteiger partial charge in [-0.25, -0.2) is 0 Å². The first-order valence-electron chi connectivity index (χ1n) is 8.39. The number of hydrogen-bond acceptors (Lipinski definition) is 3. The molecule has 0 saturated carbocycles. The minimum Gasteiger partial charge on any atom is -0.375 e. The van der Waals surface area contributed by atoms with Gasteiger partial charge in [-0.1, -0.05) is 60.7 Å². The van der Waals surface area contributed by atoms with E-state index in [-0.39, 0.29) is 0 Å². The number of rotatable bonds is 8. The molecule has 0 unspecified atom stereocenters. The number of hydrogen-bond donors (Lipinski definition) is 1. The van der Waals surface area contributed by atoms with Crippen LogP contribution in [0.3, 0.4) is 0 Å². The van der Waals surface area contributed by atoms with Crippen molar-refractivity contribution in [1.82, 2.24) is 5.32 Å². The lowest BCUT2D eigenvalue weighted by molar-refractivity contribution is 0.0880. The van der Waals surface area contributed by atoms with Gasteiger partial charge < -0.3 is 14.8 Å². The van der Waals surface area contributed by atoms with E-state index in [4.69, 9.17) is 9.47 Å². The van der Waals surface area contributed by atoms with Gasteiger partial charge in [0.05, 0.1) is 26.4 Å². The second-order valence-corrected chi connectivity index (χ2v) is 6.14. The highest BCUT2D eigenvalue weighted by molar-refractivity contribution is 5.14. The van der Waals surface area contributed by atoms with Crippen LogP contribution in [0.15, 0.2) is 60.7 Å². The summed E-state index contributed by atoms with van der Waals surface area (Å²) in [5, 5.41) is 3.61. The molecule has 1 heterocycles. The molecule has 0 aliphatic carbocycles. The molecule has 1 saturated heterocycles. The van der Waals surface area contributed by atoms with Gasteiger partial charge in [-0.15, -0.1) is 0 Å². The van der Waals surface area contributed by atoms with Crippen LogP contribution >= 0.6 is 0 Å². The molecule has 1 aliphatic rings. The normalized spacial score (nSPS) is 20.7. The summed E-state index contributed by atoms with van der Waals surface area (Å²) in [6.07, 6.45) is 2.32. The maximum Gasteiger partial charge on any atom is 0.0717 e. The number of benzene rings is 2. The van der Waals surface area contributed by atoms with Crippen molar-refractivity contribution >= 4 is 0 Å². The summed E-state index contributed by atoms with van der Waals surface area (Å²) < 4.78 is 11.6. The van der Waals surface area contributed by atoms with Crippen LogP contribution in [0.4, 0.5) is 0 Å². The molecule has 23 heavy (non-hydrogen) atoms. The topological polar surface area (TPSA) is 30.5 Å². The van der Waals surface area contributed by atoms with Gasteiger partial charge in [0.15, 0.2) is 0 Å². The molecular formula is C20H25NO2. The predicted octanol–water partition coefficient (Wildman–Crippen LogP) is 3.54. The molecule has 122 valence electrons. The van der Waals surface area contributed by atoms with Gasteiger partial charge in [-0.05, 0) is 24.0 Å². The number of ether oxygens (including phenoxy) is 2. The van der Waals surface area contributed by atoms with Crippen molar-refractivity contribution < 1.29 is 9.47 Å². The molecule has 0 amide bonds.